The SMILES string of the molecule is CCCC[C@@H](CC)C(=O)N1CCCC[C@H]1c1nc(-c2ccc(OC)cc2)no1. The Morgan fingerprint density at radius 3 is 2.75 bits per heavy atom. The zero-order valence-corrected chi connectivity index (χ0v) is 17.2. The van der Waals surface area contributed by atoms with Gasteiger partial charge in [0, 0.05) is 18.0 Å². The second-order valence-corrected chi connectivity index (χ2v) is 7.48. The third kappa shape index (κ3) is 4.54. The lowest BCUT2D eigenvalue weighted by molar-refractivity contribution is -0.140. The lowest BCUT2D eigenvalue weighted by atomic mass is 9.94. The van der Waals surface area contributed by atoms with E-state index < -0.39 is 0 Å². The van der Waals surface area contributed by atoms with Crippen LogP contribution in [0.1, 0.15) is 70.7 Å². The highest BCUT2D eigenvalue weighted by molar-refractivity contribution is 5.79. The van der Waals surface area contributed by atoms with E-state index in [4.69, 9.17) is 9.26 Å². The number of likely N-dealkylation sites (tertiary alicyclic amines) is 1. The van der Waals surface area contributed by atoms with Gasteiger partial charge >= 0.3 is 0 Å². The Hall–Kier alpha value is -2.37. The van der Waals surface area contributed by atoms with Crippen LogP contribution >= 0.6 is 0 Å². The smallest absolute Gasteiger partial charge is 0.249 e. The number of methoxy groups -OCH3 is 1. The summed E-state index contributed by atoms with van der Waals surface area (Å²) in [7, 11) is 1.64. The molecule has 0 spiro atoms. The quantitative estimate of drug-likeness (QED) is 0.638. The van der Waals surface area contributed by atoms with Gasteiger partial charge in [-0.25, -0.2) is 0 Å². The van der Waals surface area contributed by atoms with Gasteiger partial charge in [0.25, 0.3) is 0 Å². The van der Waals surface area contributed by atoms with Crippen molar-refractivity contribution in [3.63, 3.8) is 0 Å². The van der Waals surface area contributed by atoms with Crippen LogP contribution in [0.4, 0.5) is 0 Å². The molecular weight excluding hydrogens is 354 g/mol. The number of carbonyl (C=O) groups is 1. The van der Waals surface area contributed by atoms with Gasteiger partial charge in [-0.15, -0.1) is 0 Å². The third-order valence-corrected chi connectivity index (χ3v) is 5.61. The van der Waals surface area contributed by atoms with E-state index in [9.17, 15) is 4.79 Å². The number of piperidine rings is 1. The number of amides is 1. The van der Waals surface area contributed by atoms with Crippen molar-refractivity contribution in [1.29, 1.82) is 0 Å². The summed E-state index contributed by atoms with van der Waals surface area (Å²) >= 11 is 0. The van der Waals surface area contributed by atoms with Crippen LogP contribution in [0, 0.1) is 5.92 Å². The van der Waals surface area contributed by atoms with Crippen LogP contribution in [-0.2, 0) is 4.79 Å². The zero-order valence-electron chi connectivity index (χ0n) is 17.2. The number of hydrogen-bond donors (Lipinski definition) is 0. The fourth-order valence-electron chi connectivity index (χ4n) is 3.87. The average molecular weight is 386 g/mol. The lowest BCUT2D eigenvalue weighted by Gasteiger charge is -2.35. The number of ether oxygens (including phenoxy) is 1. The summed E-state index contributed by atoms with van der Waals surface area (Å²) in [6.07, 6.45) is 7.01. The highest BCUT2D eigenvalue weighted by Crippen LogP contribution is 2.33. The first kappa shape index (κ1) is 20.4. The van der Waals surface area contributed by atoms with Gasteiger partial charge in [-0.1, -0.05) is 31.8 Å². The maximum atomic E-state index is 13.2. The van der Waals surface area contributed by atoms with Crippen LogP contribution < -0.4 is 4.74 Å². The Labute approximate surface area is 167 Å². The van der Waals surface area contributed by atoms with E-state index in [1.165, 1.54) is 0 Å². The van der Waals surface area contributed by atoms with E-state index >= 15 is 0 Å². The van der Waals surface area contributed by atoms with Crippen LogP contribution in [0.3, 0.4) is 0 Å². The molecular formula is C22H31N3O3. The van der Waals surface area contributed by atoms with Crippen LogP contribution in [0.2, 0.25) is 0 Å². The molecule has 0 N–H and O–H groups in total. The molecule has 1 aromatic heterocycles. The summed E-state index contributed by atoms with van der Waals surface area (Å²) < 4.78 is 10.8. The third-order valence-electron chi connectivity index (χ3n) is 5.61. The highest BCUT2D eigenvalue weighted by Gasteiger charge is 2.34. The maximum Gasteiger partial charge on any atom is 0.249 e. The molecule has 0 saturated carbocycles. The van der Waals surface area contributed by atoms with Gasteiger partial charge in [0.2, 0.25) is 17.6 Å². The fourth-order valence-corrected chi connectivity index (χ4v) is 3.87. The van der Waals surface area contributed by atoms with Gasteiger partial charge in [-0.2, -0.15) is 4.98 Å². The molecule has 2 atom stereocenters. The molecule has 0 bridgehead atoms. The number of rotatable bonds is 8. The molecule has 1 aromatic carbocycles. The molecule has 2 aromatic rings. The van der Waals surface area contributed by atoms with E-state index in [0.717, 1.165) is 62.8 Å². The number of benzene rings is 1. The summed E-state index contributed by atoms with van der Waals surface area (Å²) in [5, 5.41) is 4.16. The topological polar surface area (TPSA) is 68.5 Å². The van der Waals surface area contributed by atoms with Crippen molar-refractivity contribution in [3.05, 3.63) is 30.2 Å². The molecule has 0 unspecified atom stereocenters. The van der Waals surface area contributed by atoms with Crippen molar-refractivity contribution in [1.82, 2.24) is 15.0 Å². The van der Waals surface area contributed by atoms with E-state index in [1.807, 2.05) is 29.2 Å². The van der Waals surface area contributed by atoms with Crippen molar-refractivity contribution in [2.75, 3.05) is 13.7 Å². The Morgan fingerprint density at radius 1 is 1.29 bits per heavy atom. The molecule has 0 radical (unpaired) electrons. The fraction of sp³-hybridized carbons (Fsp3) is 0.591. The Kier molecular flexibility index (Phi) is 7.06. The molecule has 1 aliphatic heterocycles. The Morgan fingerprint density at radius 2 is 2.07 bits per heavy atom. The molecule has 1 amide bonds. The maximum absolute atomic E-state index is 13.2. The summed E-state index contributed by atoms with van der Waals surface area (Å²) in [6.45, 7) is 5.04. The van der Waals surface area contributed by atoms with Gasteiger partial charge in [0.1, 0.15) is 11.8 Å². The van der Waals surface area contributed by atoms with Crippen molar-refractivity contribution in [2.45, 2.75) is 64.8 Å². The van der Waals surface area contributed by atoms with Gasteiger partial charge in [0.05, 0.1) is 7.11 Å². The first-order valence-electron chi connectivity index (χ1n) is 10.5. The monoisotopic (exact) mass is 385 g/mol. The minimum atomic E-state index is -0.114. The summed E-state index contributed by atoms with van der Waals surface area (Å²) in [5.74, 6) is 2.21. The van der Waals surface area contributed by atoms with Gasteiger partial charge < -0.3 is 14.2 Å². The number of carbonyl (C=O) groups excluding carboxylic acids is 1. The second-order valence-electron chi connectivity index (χ2n) is 7.48. The highest BCUT2D eigenvalue weighted by atomic mass is 16.5. The van der Waals surface area contributed by atoms with Crippen LogP contribution in [0.5, 0.6) is 5.75 Å². The van der Waals surface area contributed by atoms with E-state index in [0.29, 0.717) is 11.7 Å². The molecule has 28 heavy (non-hydrogen) atoms. The zero-order chi connectivity index (χ0) is 19.9. The van der Waals surface area contributed by atoms with Crippen molar-refractivity contribution >= 4 is 5.91 Å². The number of aromatic nitrogens is 2. The molecule has 1 aliphatic rings. The predicted octanol–water partition coefficient (Wildman–Crippen LogP) is 5.02. The first-order valence-corrected chi connectivity index (χ1v) is 10.5. The minimum Gasteiger partial charge on any atom is -0.497 e. The first-order chi connectivity index (χ1) is 13.7. The van der Waals surface area contributed by atoms with Crippen LogP contribution in [0.25, 0.3) is 11.4 Å². The molecule has 0 aliphatic carbocycles. The number of hydrogen-bond acceptors (Lipinski definition) is 5. The van der Waals surface area contributed by atoms with Crippen LogP contribution in [0.15, 0.2) is 28.8 Å². The van der Waals surface area contributed by atoms with Crippen molar-refractivity contribution in [3.8, 4) is 17.1 Å². The summed E-state index contributed by atoms with van der Waals surface area (Å²) in [6, 6.07) is 7.46. The van der Waals surface area contributed by atoms with Gasteiger partial charge in [-0.05, 0) is 56.4 Å². The normalized spacial score (nSPS) is 18.1. The van der Waals surface area contributed by atoms with E-state index in [-0.39, 0.29) is 17.9 Å². The van der Waals surface area contributed by atoms with Gasteiger partial charge in [-0.3, -0.25) is 4.79 Å². The summed E-state index contributed by atoms with van der Waals surface area (Å²) in [4.78, 5) is 19.8. The lowest BCUT2D eigenvalue weighted by Crippen LogP contribution is -2.42. The molecule has 1 saturated heterocycles. The molecule has 6 heteroatoms. The molecule has 6 nitrogen and oxygen atoms in total. The Balaban J connectivity index is 1.78. The minimum absolute atomic E-state index is 0.0875. The molecule has 152 valence electrons. The average Bonchev–Trinajstić information content (AvgIpc) is 3.24. The van der Waals surface area contributed by atoms with Gasteiger partial charge in [0.15, 0.2) is 0 Å². The largest absolute Gasteiger partial charge is 0.497 e. The summed E-state index contributed by atoms with van der Waals surface area (Å²) in [5.41, 5.74) is 0.874. The predicted molar refractivity (Wildman–Crippen MR) is 108 cm³/mol. The standard InChI is InChI=1S/C22H31N3O3/c1-4-6-9-16(5-2)22(26)25-15-8-7-10-19(25)21-23-20(24-28-21)17-11-13-18(27-3)14-12-17/h11-14,16,19H,4-10,15H2,1-3H3/t16-,19+/m1/s1. The number of nitrogens with zero attached hydrogens (tertiary/aromatic N) is 3. The number of unbranched alkanes of at least 4 members (excludes halogenated alkanes) is 1. The molecule has 1 fully saturated rings. The van der Waals surface area contributed by atoms with E-state index in [1.54, 1.807) is 7.11 Å². The van der Waals surface area contributed by atoms with Crippen molar-refractivity contribution < 1.29 is 14.1 Å². The van der Waals surface area contributed by atoms with Crippen molar-refractivity contribution in [2.24, 2.45) is 5.92 Å². The molecule has 3 rings (SSSR count). The van der Waals surface area contributed by atoms with E-state index in [2.05, 4.69) is 24.0 Å². The second kappa shape index (κ2) is 9.71. The Bertz CT molecular complexity index is 757. The van der Waals surface area contributed by atoms with Crippen LogP contribution in [-0.4, -0.2) is 34.6 Å². The molecule has 2 heterocycles.